The fourth-order valence-electron chi connectivity index (χ4n) is 1.22. The molecule has 0 aliphatic heterocycles. The van der Waals surface area contributed by atoms with Crippen LogP contribution in [0.15, 0.2) is 16.7 Å². The average Bonchev–Trinajstić information content (AvgIpc) is 2.30. The van der Waals surface area contributed by atoms with Crippen LogP contribution in [0.2, 0.25) is 0 Å². The van der Waals surface area contributed by atoms with Gasteiger partial charge in [0.05, 0.1) is 9.40 Å². The predicted octanol–water partition coefficient (Wildman–Crippen LogP) is 2.97. The molecule has 90 valence electrons. The molecule has 1 aromatic rings. The first-order chi connectivity index (χ1) is 8.15. The van der Waals surface area contributed by atoms with Crippen LogP contribution in [-0.2, 0) is 0 Å². The van der Waals surface area contributed by atoms with E-state index in [1.807, 2.05) is 0 Å². The van der Waals surface area contributed by atoms with Crippen LogP contribution < -0.4 is 5.32 Å². The van der Waals surface area contributed by atoms with Crippen molar-refractivity contribution in [1.82, 2.24) is 4.98 Å². The number of nitrogens with zero attached hydrogens (tertiary/aromatic N) is 2. The Morgan fingerprint density at radius 1 is 1.59 bits per heavy atom. The number of hydrogen-bond donors (Lipinski definition) is 1. The number of aromatic nitrogens is 1. The Morgan fingerprint density at radius 2 is 2.35 bits per heavy atom. The second-order valence-electron chi connectivity index (χ2n) is 3.37. The monoisotopic (exact) mass is 297 g/mol. The van der Waals surface area contributed by atoms with Crippen molar-refractivity contribution in [2.45, 2.75) is 19.3 Å². The van der Waals surface area contributed by atoms with Gasteiger partial charge in [-0.1, -0.05) is 0 Å². The van der Waals surface area contributed by atoms with E-state index in [4.69, 9.17) is 6.42 Å². The Labute approximate surface area is 108 Å². The van der Waals surface area contributed by atoms with Crippen molar-refractivity contribution in [1.29, 1.82) is 0 Å². The van der Waals surface area contributed by atoms with Gasteiger partial charge in [0.15, 0.2) is 0 Å². The molecule has 0 unspecified atom stereocenters. The fourth-order valence-corrected chi connectivity index (χ4v) is 1.69. The van der Waals surface area contributed by atoms with Crippen LogP contribution in [0.5, 0.6) is 0 Å². The number of nitrogens with one attached hydrogen (secondary N) is 1. The highest BCUT2D eigenvalue weighted by Crippen LogP contribution is 2.24. The van der Waals surface area contributed by atoms with Gasteiger partial charge in [0.1, 0.15) is 12.0 Å². The molecular weight excluding hydrogens is 286 g/mol. The van der Waals surface area contributed by atoms with Crippen LogP contribution in [0.1, 0.15) is 19.3 Å². The lowest BCUT2D eigenvalue weighted by molar-refractivity contribution is -0.385. The maximum atomic E-state index is 10.5. The number of hydrogen-bond acceptors (Lipinski definition) is 4. The van der Waals surface area contributed by atoms with Gasteiger partial charge in [-0.15, -0.1) is 12.3 Å². The van der Waals surface area contributed by atoms with E-state index >= 15 is 0 Å². The molecule has 0 bridgehead atoms. The van der Waals surface area contributed by atoms with E-state index in [9.17, 15) is 10.1 Å². The first-order valence-corrected chi connectivity index (χ1v) is 5.91. The summed E-state index contributed by atoms with van der Waals surface area (Å²) >= 11 is 3.24. The lowest BCUT2D eigenvalue weighted by Gasteiger charge is -2.06. The fraction of sp³-hybridized carbons (Fsp3) is 0.364. The molecule has 0 aliphatic carbocycles. The lowest BCUT2D eigenvalue weighted by Crippen LogP contribution is -2.04. The summed E-state index contributed by atoms with van der Waals surface area (Å²) < 4.78 is 0.587. The molecule has 1 N–H and O–H groups in total. The minimum absolute atomic E-state index is 0.0326. The summed E-state index contributed by atoms with van der Waals surface area (Å²) in [5, 5.41) is 13.6. The number of pyridine rings is 1. The molecule has 0 atom stereocenters. The van der Waals surface area contributed by atoms with Crippen LogP contribution in [0.4, 0.5) is 11.5 Å². The topological polar surface area (TPSA) is 68.1 Å². The molecule has 0 saturated carbocycles. The number of unbranched alkanes of at least 4 members (excludes halogenated alkanes) is 2. The van der Waals surface area contributed by atoms with Crippen LogP contribution in [0.25, 0.3) is 0 Å². The van der Waals surface area contributed by atoms with E-state index in [-0.39, 0.29) is 5.69 Å². The van der Waals surface area contributed by atoms with Gasteiger partial charge in [-0.2, -0.15) is 0 Å². The number of halogens is 1. The second kappa shape index (κ2) is 6.86. The highest BCUT2D eigenvalue weighted by molar-refractivity contribution is 9.10. The first kappa shape index (κ1) is 13.5. The van der Waals surface area contributed by atoms with E-state index in [1.54, 1.807) is 0 Å². The van der Waals surface area contributed by atoms with Gasteiger partial charge in [0.2, 0.25) is 0 Å². The normalized spacial score (nSPS) is 9.65. The smallest absolute Gasteiger partial charge is 0.288 e. The molecule has 1 heterocycles. The zero-order chi connectivity index (χ0) is 12.7. The summed E-state index contributed by atoms with van der Waals surface area (Å²) in [5.74, 6) is 3.18. The van der Waals surface area contributed by atoms with Gasteiger partial charge in [-0.05, 0) is 28.8 Å². The quantitative estimate of drug-likeness (QED) is 0.379. The lowest BCUT2D eigenvalue weighted by atomic mass is 10.2. The summed E-state index contributed by atoms with van der Waals surface area (Å²) in [4.78, 5) is 14.0. The van der Waals surface area contributed by atoms with Gasteiger partial charge < -0.3 is 5.32 Å². The second-order valence-corrected chi connectivity index (χ2v) is 4.22. The van der Waals surface area contributed by atoms with Crippen molar-refractivity contribution < 1.29 is 4.92 Å². The summed E-state index contributed by atoms with van der Waals surface area (Å²) in [6, 6.07) is 1.43. The Morgan fingerprint density at radius 3 is 2.94 bits per heavy atom. The van der Waals surface area contributed by atoms with Crippen molar-refractivity contribution >= 4 is 27.4 Å². The molecule has 1 aromatic heterocycles. The summed E-state index contributed by atoms with van der Waals surface area (Å²) in [6.07, 6.45) is 9.02. The maximum absolute atomic E-state index is 10.5. The number of anilines is 1. The zero-order valence-corrected chi connectivity index (χ0v) is 10.7. The number of terminal acetylenes is 1. The van der Waals surface area contributed by atoms with E-state index in [1.165, 1.54) is 12.3 Å². The van der Waals surface area contributed by atoms with Crippen molar-refractivity contribution in [3.05, 3.63) is 26.9 Å². The molecule has 0 radical (unpaired) electrons. The molecule has 0 aliphatic rings. The molecule has 0 fully saturated rings. The Bertz CT molecular complexity index is 443. The van der Waals surface area contributed by atoms with E-state index in [2.05, 4.69) is 32.2 Å². The summed E-state index contributed by atoms with van der Waals surface area (Å²) in [7, 11) is 0. The third-order valence-electron chi connectivity index (χ3n) is 2.08. The van der Waals surface area contributed by atoms with Crippen LogP contribution in [-0.4, -0.2) is 16.5 Å². The van der Waals surface area contributed by atoms with Crippen LogP contribution in [0, 0.1) is 22.5 Å². The van der Waals surface area contributed by atoms with Gasteiger partial charge in [-0.3, -0.25) is 10.1 Å². The SMILES string of the molecule is C#CCCCCNc1ncc([N+](=O)[O-])cc1Br. The summed E-state index contributed by atoms with van der Waals surface area (Å²) in [6.45, 7) is 0.741. The van der Waals surface area contributed by atoms with Crippen molar-refractivity contribution in [2.75, 3.05) is 11.9 Å². The third-order valence-corrected chi connectivity index (χ3v) is 2.68. The zero-order valence-electron chi connectivity index (χ0n) is 9.15. The molecule has 6 heteroatoms. The van der Waals surface area contributed by atoms with Gasteiger partial charge in [-0.25, -0.2) is 4.98 Å². The molecule has 1 rings (SSSR count). The summed E-state index contributed by atoms with van der Waals surface area (Å²) in [5.41, 5.74) is -0.0326. The highest BCUT2D eigenvalue weighted by Gasteiger charge is 2.09. The Kier molecular flexibility index (Phi) is 5.43. The van der Waals surface area contributed by atoms with Crippen LogP contribution >= 0.6 is 15.9 Å². The Hall–Kier alpha value is -1.61. The van der Waals surface area contributed by atoms with Crippen LogP contribution in [0.3, 0.4) is 0 Å². The number of nitro groups is 1. The minimum Gasteiger partial charge on any atom is -0.369 e. The minimum atomic E-state index is -0.478. The van der Waals surface area contributed by atoms with E-state index < -0.39 is 4.92 Å². The Balaban J connectivity index is 2.50. The maximum Gasteiger partial charge on any atom is 0.288 e. The molecule has 17 heavy (non-hydrogen) atoms. The largest absolute Gasteiger partial charge is 0.369 e. The highest BCUT2D eigenvalue weighted by atomic mass is 79.9. The molecule has 0 aromatic carbocycles. The van der Waals surface area contributed by atoms with Crippen molar-refractivity contribution in [2.24, 2.45) is 0 Å². The third kappa shape index (κ3) is 4.41. The van der Waals surface area contributed by atoms with Crippen molar-refractivity contribution in [3.63, 3.8) is 0 Å². The van der Waals surface area contributed by atoms with Gasteiger partial charge in [0, 0.05) is 19.0 Å². The molecule has 0 spiro atoms. The van der Waals surface area contributed by atoms with E-state index in [0.29, 0.717) is 10.3 Å². The standard InChI is InChI=1S/C11H12BrN3O2/c1-2-3-4-5-6-13-11-10(12)7-9(8-14-11)15(16)17/h1,7-8H,3-6H2,(H,13,14). The van der Waals surface area contributed by atoms with Crippen molar-refractivity contribution in [3.8, 4) is 12.3 Å². The molecular formula is C11H12BrN3O2. The number of rotatable bonds is 6. The van der Waals surface area contributed by atoms with E-state index in [0.717, 1.165) is 25.8 Å². The molecule has 0 amide bonds. The molecule has 5 nitrogen and oxygen atoms in total. The molecule has 0 saturated heterocycles. The first-order valence-electron chi connectivity index (χ1n) is 5.12. The van der Waals surface area contributed by atoms with Gasteiger partial charge in [0.25, 0.3) is 5.69 Å². The predicted molar refractivity (Wildman–Crippen MR) is 69.8 cm³/mol. The van der Waals surface area contributed by atoms with Gasteiger partial charge >= 0.3 is 0 Å². The average molecular weight is 298 g/mol.